The molecule has 18 heavy (non-hydrogen) atoms. The summed E-state index contributed by atoms with van der Waals surface area (Å²) in [6.45, 7) is 0.488. The van der Waals surface area contributed by atoms with Gasteiger partial charge < -0.3 is 10.0 Å². The fourth-order valence-electron chi connectivity index (χ4n) is 2.32. The number of benzene rings is 1. The molecule has 0 bridgehead atoms. The summed E-state index contributed by atoms with van der Waals surface area (Å²) in [7, 11) is 0. The number of carbonyl (C=O) groups excluding carboxylic acids is 1. The van der Waals surface area contributed by atoms with Crippen LogP contribution in [0.4, 0.5) is 5.69 Å². The fourth-order valence-corrected chi connectivity index (χ4v) is 2.32. The number of carboxylic acid groups (broad SMARTS) is 1. The predicted octanol–water partition coefficient (Wildman–Crippen LogP) is 2.22. The van der Waals surface area contributed by atoms with Crippen LogP contribution in [0.25, 0.3) is 0 Å². The Balaban J connectivity index is 2.15. The molecule has 0 saturated carbocycles. The maximum absolute atomic E-state index is 12.0. The number of aliphatic carboxylic acids is 1. The second-order valence-corrected chi connectivity index (χ2v) is 4.52. The molecule has 1 aromatic rings. The first-order chi connectivity index (χ1) is 8.68. The highest BCUT2D eigenvalue weighted by Crippen LogP contribution is 2.26. The molecular formula is C14H17NO3. The standard InChI is InChI=1S/C14H17NO3/c16-13-8-3-6-11-5-1-2-7-12(11)15(13)10-4-9-14(17)18/h1-2,5,7H,3-4,6,8-10H2,(H,17,18). The minimum atomic E-state index is -0.814. The molecule has 0 aromatic heterocycles. The van der Waals surface area contributed by atoms with E-state index in [2.05, 4.69) is 0 Å². The molecule has 0 atom stereocenters. The largest absolute Gasteiger partial charge is 0.481 e. The van der Waals surface area contributed by atoms with E-state index in [0.29, 0.717) is 19.4 Å². The van der Waals surface area contributed by atoms with E-state index in [4.69, 9.17) is 5.11 Å². The Hall–Kier alpha value is -1.84. The van der Waals surface area contributed by atoms with Crippen molar-refractivity contribution in [2.24, 2.45) is 0 Å². The molecule has 96 valence electrons. The van der Waals surface area contributed by atoms with E-state index in [0.717, 1.165) is 18.5 Å². The lowest BCUT2D eigenvalue weighted by Gasteiger charge is -2.22. The van der Waals surface area contributed by atoms with Crippen molar-refractivity contribution in [3.05, 3.63) is 29.8 Å². The second kappa shape index (κ2) is 5.67. The Morgan fingerprint density at radius 1 is 1.28 bits per heavy atom. The van der Waals surface area contributed by atoms with E-state index < -0.39 is 5.97 Å². The molecule has 1 aromatic carbocycles. The Morgan fingerprint density at radius 2 is 2.06 bits per heavy atom. The average molecular weight is 247 g/mol. The summed E-state index contributed by atoms with van der Waals surface area (Å²) in [5, 5.41) is 8.66. The van der Waals surface area contributed by atoms with Crippen molar-refractivity contribution in [1.82, 2.24) is 0 Å². The molecule has 1 aliphatic rings. The van der Waals surface area contributed by atoms with Crippen LogP contribution in [0.3, 0.4) is 0 Å². The van der Waals surface area contributed by atoms with Gasteiger partial charge >= 0.3 is 5.97 Å². The third-order valence-corrected chi connectivity index (χ3v) is 3.19. The minimum Gasteiger partial charge on any atom is -0.481 e. The van der Waals surface area contributed by atoms with E-state index >= 15 is 0 Å². The molecule has 1 N–H and O–H groups in total. The van der Waals surface area contributed by atoms with E-state index in [1.54, 1.807) is 4.90 Å². The van der Waals surface area contributed by atoms with Gasteiger partial charge in [-0.15, -0.1) is 0 Å². The average Bonchev–Trinajstić information content (AvgIpc) is 2.49. The molecule has 0 spiro atoms. The predicted molar refractivity (Wildman–Crippen MR) is 68.6 cm³/mol. The summed E-state index contributed by atoms with van der Waals surface area (Å²) in [6, 6.07) is 7.88. The summed E-state index contributed by atoms with van der Waals surface area (Å²) < 4.78 is 0. The number of carbonyl (C=O) groups is 2. The molecular weight excluding hydrogens is 230 g/mol. The van der Waals surface area contributed by atoms with Crippen LogP contribution in [0.5, 0.6) is 0 Å². The first-order valence-corrected chi connectivity index (χ1v) is 6.28. The zero-order valence-corrected chi connectivity index (χ0v) is 10.3. The van der Waals surface area contributed by atoms with Crippen molar-refractivity contribution in [3.8, 4) is 0 Å². The van der Waals surface area contributed by atoms with E-state index in [-0.39, 0.29) is 12.3 Å². The van der Waals surface area contributed by atoms with Crippen molar-refractivity contribution in [1.29, 1.82) is 0 Å². The molecule has 4 nitrogen and oxygen atoms in total. The molecule has 0 aliphatic carbocycles. The quantitative estimate of drug-likeness (QED) is 0.887. The number of hydrogen-bond acceptors (Lipinski definition) is 2. The van der Waals surface area contributed by atoms with Gasteiger partial charge in [0.05, 0.1) is 0 Å². The van der Waals surface area contributed by atoms with Gasteiger partial charge in [0.25, 0.3) is 0 Å². The topological polar surface area (TPSA) is 57.6 Å². The Morgan fingerprint density at radius 3 is 2.83 bits per heavy atom. The lowest BCUT2D eigenvalue weighted by atomic mass is 10.1. The first-order valence-electron chi connectivity index (χ1n) is 6.28. The highest BCUT2D eigenvalue weighted by atomic mass is 16.4. The highest BCUT2D eigenvalue weighted by Gasteiger charge is 2.21. The Labute approximate surface area is 106 Å². The number of fused-ring (bicyclic) bond motifs is 1. The van der Waals surface area contributed by atoms with Crippen LogP contribution in [-0.2, 0) is 16.0 Å². The second-order valence-electron chi connectivity index (χ2n) is 4.52. The zero-order valence-electron chi connectivity index (χ0n) is 10.3. The molecule has 0 saturated heterocycles. The number of anilines is 1. The van der Waals surface area contributed by atoms with E-state index in [1.807, 2.05) is 24.3 Å². The van der Waals surface area contributed by atoms with Gasteiger partial charge in [0.1, 0.15) is 0 Å². The molecule has 1 heterocycles. The Kier molecular flexibility index (Phi) is 3.97. The number of para-hydroxylation sites is 1. The van der Waals surface area contributed by atoms with Crippen LogP contribution in [0.15, 0.2) is 24.3 Å². The summed E-state index contributed by atoms with van der Waals surface area (Å²) in [5.41, 5.74) is 2.13. The molecule has 0 radical (unpaired) electrons. The number of nitrogens with zero attached hydrogens (tertiary/aromatic N) is 1. The summed E-state index contributed by atoms with van der Waals surface area (Å²) in [6.07, 6.45) is 2.92. The molecule has 1 amide bonds. The normalized spacial score (nSPS) is 15.1. The molecule has 1 aliphatic heterocycles. The maximum atomic E-state index is 12.0. The number of aryl methyl sites for hydroxylation is 1. The lowest BCUT2D eigenvalue weighted by Crippen LogP contribution is -2.31. The van der Waals surface area contributed by atoms with Gasteiger partial charge in [-0.3, -0.25) is 9.59 Å². The van der Waals surface area contributed by atoms with E-state index in [1.165, 1.54) is 5.56 Å². The summed E-state index contributed by atoms with van der Waals surface area (Å²) in [4.78, 5) is 24.3. The van der Waals surface area contributed by atoms with Crippen molar-refractivity contribution >= 4 is 17.6 Å². The molecule has 2 rings (SSSR count). The van der Waals surface area contributed by atoms with Gasteiger partial charge in [-0.1, -0.05) is 18.2 Å². The number of hydrogen-bond donors (Lipinski definition) is 1. The van der Waals surface area contributed by atoms with Crippen LogP contribution in [0.1, 0.15) is 31.2 Å². The third-order valence-electron chi connectivity index (χ3n) is 3.19. The Bertz CT molecular complexity index is 456. The fraction of sp³-hybridized carbons (Fsp3) is 0.429. The van der Waals surface area contributed by atoms with Crippen LogP contribution < -0.4 is 4.90 Å². The smallest absolute Gasteiger partial charge is 0.303 e. The van der Waals surface area contributed by atoms with Crippen molar-refractivity contribution < 1.29 is 14.7 Å². The van der Waals surface area contributed by atoms with Gasteiger partial charge in [0, 0.05) is 25.1 Å². The number of amides is 1. The lowest BCUT2D eigenvalue weighted by molar-refractivity contribution is -0.137. The SMILES string of the molecule is O=C(O)CCCN1C(=O)CCCc2ccccc21. The van der Waals surface area contributed by atoms with Gasteiger partial charge in [0.2, 0.25) is 5.91 Å². The monoisotopic (exact) mass is 247 g/mol. The zero-order chi connectivity index (χ0) is 13.0. The number of rotatable bonds is 4. The van der Waals surface area contributed by atoms with Crippen LogP contribution in [-0.4, -0.2) is 23.5 Å². The number of carboxylic acids is 1. The maximum Gasteiger partial charge on any atom is 0.303 e. The van der Waals surface area contributed by atoms with Crippen LogP contribution >= 0.6 is 0 Å². The third kappa shape index (κ3) is 2.88. The molecule has 0 unspecified atom stereocenters. The van der Waals surface area contributed by atoms with Gasteiger partial charge in [-0.05, 0) is 30.9 Å². The minimum absolute atomic E-state index is 0.102. The summed E-state index contributed by atoms with van der Waals surface area (Å²) >= 11 is 0. The van der Waals surface area contributed by atoms with Gasteiger partial charge in [-0.2, -0.15) is 0 Å². The van der Waals surface area contributed by atoms with Crippen LogP contribution in [0, 0.1) is 0 Å². The summed E-state index contributed by atoms with van der Waals surface area (Å²) in [5.74, 6) is -0.712. The first kappa shape index (κ1) is 12.6. The van der Waals surface area contributed by atoms with E-state index in [9.17, 15) is 9.59 Å². The molecule has 0 fully saturated rings. The van der Waals surface area contributed by atoms with Gasteiger partial charge in [0.15, 0.2) is 0 Å². The highest BCUT2D eigenvalue weighted by molar-refractivity contribution is 5.94. The van der Waals surface area contributed by atoms with Crippen molar-refractivity contribution in [2.45, 2.75) is 32.1 Å². The van der Waals surface area contributed by atoms with Gasteiger partial charge in [-0.25, -0.2) is 0 Å². The molecule has 4 heteroatoms. The van der Waals surface area contributed by atoms with Crippen LogP contribution in [0.2, 0.25) is 0 Å². The van der Waals surface area contributed by atoms with Crippen molar-refractivity contribution in [3.63, 3.8) is 0 Å². The van der Waals surface area contributed by atoms with Crippen molar-refractivity contribution in [2.75, 3.05) is 11.4 Å².